The van der Waals surface area contributed by atoms with Crippen molar-refractivity contribution in [3.05, 3.63) is 23.9 Å². The molecule has 0 atom stereocenters. The highest BCUT2D eigenvalue weighted by atomic mass is 16.5. The molecule has 1 aliphatic heterocycles. The standard InChI is InChI=1S/C14H21N3O2/c1-19-11-8-16-14(18)12-6-5-7-15-13(12)17-9-3-2-4-10-17/h5-7H,2-4,8-11H2,1H3,(H,16,18). The first kappa shape index (κ1) is 13.8. The fraction of sp³-hybridized carbons (Fsp3) is 0.571. The Hall–Kier alpha value is -1.62. The number of pyridine rings is 1. The summed E-state index contributed by atoms with van der Waals surface area (Å²) in [6.45, 7) is 3.00. The van der Waals surface area contributed by atoms with Crippen molar-refractivity contribution < 1.29 is 9.53 Å². The number of ether oxygens (including phenoxy) is 1. The van der Waals surface area contributed by atoms with Gasteiger partial charge in [-0.2, -0.15) is 0 Å². The maximum absolute atomic E-state index is 12.1. The summed E-state index contributed by atoms with van der Waals surface area (Å²) in [6.07, 6.45) is 5.34. The number of methoxy groups -OCH3 is 1. The van der Waals surface area contributed by atoms with Crippen LogP contribution >= 0.6 is 0 Å². The van der Waals surface area contributed by atoms with Crippen LogP contribution in [0, 0.1) is 0 Å². The molecule has 19 heavy (non-hydrogen) atoms. The second kappa shape index (κ2) is 7.09. The van der Waals surface area contributed by atoms with Gasteiger partial charge in [0.25, 0.3) is 5.91 Å². The van der Waals surface area contributed by atoms with Gasteiger partial charge in [-0.05, 0) is 31.4 Å². The maximum Gasteiger partial charge on any atom is 0.255 e. The lowest BCUT2D eigenvalue weighted by Gasteiger charge is -2.29. The Bertz CT molecular complexity index is 417. The average molecular weight is 263 g/mol. The minimum atomic E-state index is -0.0780. The van der Waals surface area contributed by atoms with Gasteiger partial charge < -0.3 is 15.0 Å². The van der Waals surface area contributed by atoms with Crippen LogP contribution in [0.2, 0.25) is 0 Å². The van der Waals surface area contributed by atoms with Crippen molar-refractivity contribution in [1.29, 1.82) is 0 Å². The van der Waals surface area contributed by atoms with E-state index in [0.29, 0.717) is 18.7 Å². The Kier molecular flexibility index (Phi) is 5.15. The van der Waals surface area contributed by atoms with Crippen molar-refractivity contribution >= 4 is 11.7 Å². The molecule has 0 saturated carbocycles. The van der Waals surface area contributed by atoms with E-state index in [2.05, 4.69) is 15.2 Å². The second-order valence-electron chi connectivity index (χ2n) is 4.67. The molecule has 1 aromatic rings. The molecule has 1 N–H and O–H groups in total. The number of hydrogen-bond acceptors (Lipinski definition) is 4. The Morgan fingerprint density at radius 2 is 2.21 bits per heavy atom. The van der Waals surface area contributed by atoms with E-state index in [1.54, 1.807) is 19.4 Å². The molecule has 0 aromatic carbocycles. The number of nitrogens with zero attached hydrogens (tertiary/aromatic N) is 2. The molecule has 5 heteroatoms. The molecule has 2 rings (SSSR count). The summed E-state index contributed by atoms with van der Waals surface area (Å²) in [7, 11) is 1.62. The summed E-state index contributed by atoms with van der Waals surface area (Å²) in [5, 5.41) is 2.85. The molecule has 1 aliphatic rings. The zero-order valence-corrected chi connectivity index (χ0v) is 11.4. The number of carbonyl (C=O) groups excluding carboxylic acids is 1. The molecule has 2 heterocycles. The topological polar surface area (TPSA) is 54.5 Å². The number of hydrogen-bond donors (Lipinski definition) is 1. The maximum atomic E-state index is 12.1. The predicted molar refractivity (Wildman–Crippen MR) is 74.5 cm³/mol. The van der Waals surface area contributed by atoms with Crippen molar-refractivity contribution in [2.45, 2.75) is 19.3 Å². The SMILES string of the molecule is COCCNC(=O)c1cccnc1N1CCCCC1. The van der Waals surface area contributed by atoms with Crippen LogP contribution in [0.5, 0.6) is 0 Å². The summed E-state index contributed by atoms with van der Waals surface area (Å²) in [4.78, 5) is 18.7. The highest BCUT2D eigenvalue weighted by Gasteiger charge is 2.19. The fourth-order valence-corrected chi connectivity index (χ4v) is 2.29. The lowest BCUT2D eigenvalue weighted by molar-refractivity contribution is 0.0937. The molecule has 1 aromatic heterocycles. The smallest absolute Gasteiger partial charge is 0.255 e. The predicted octanol–water partition coefficient (Wildman–Crippen LogP) is 1.45. The van der Waals surface area contributed by atoms with Crippen molar-refractivity contribution in [1.82, 2.24) is 10.3 Å². The van der Waals surface area contributed by atoms with Gasteiger partial charge in [0.2, 0.25) is 0 Å². The van der Waals surface area contributed by atoms with Crippen LogP contribution in [0.4, 0.5) is 5.82 Å². The zero-order chi connectivity index (χ0) is 13.5. The molecule has 0 aliphatic carbocycles. The Balaban J connectivity index is 2.08. The molecule has 1 fully saturated rings. The van der Waals surface area contributed by atoms with Crippen molar-refractivity contribution in [3.8, 4) is 0 Å². The third-order valence-electron chi connectivity index (χ3n) is 3.28. The lowest BCUT2D eigenvalue weighted by atomic mass is 10.1. The molecule has 0 unspecified atom stereocenters. The van der Waals surface area contributed by atoms with E-state index in [1.807, 2.05) is 6.07 Å². The Morgan fingerprint density at radius 1 is 1.42 bits per heavy atom. The minimum absolute atomic E-state index is 0.0780. The van der Waals surface area contributed by atoms with Crippen LogP contribution in [-0.4, -0.2) is 44.2 Å². The molecule has 0 radical (unpaired) electrons. The first-order valence-corrected chi connectivity index (χ1v) is 6.80. The van der Waals surface area contributed by atoms with Crippen LogP contribution in [-0.2, 0) is 4.74 Å². The average Bonchev–Trinajstić information content (AvgIpc) is 2.48. The van der Waals surface area contributed by atoms with Gasteiger partial charge in [0.1, 0.15) is 5.82 Å². The largest absolute Gasteiger partial charge is 0.383 e. The van der Waals surface area contributed by atoms with E-state index in [1.165, 1.54) is 19.3 Å². The molecule has 0 bridgehead atoms. The minimum Gasteiger partial charge on any atom is -0.383 e. The summed E-state index contributed by atoms with van der Waals surface area (Å²) in [6, 6.07) is 3.64. The first-order valence-electron chi connectivity index (χ1n) is 6.80. The van der Waals surface area contributed by atoms with E-state index >= 15 is 0 Å². The normalized spacial score (nSPS) is 15.3. The highest BCUT2D eigenvalue weighted by molar-refractivity contribution is 5.98. The summed E-state index contributed by atoms with van der Waals surface area (Å²) in [5.41, 5.74) is 0.653. The summed E-state index contributed by atoms with van der Waals surface area (Å²) in [5.74, 6) is 0.725. The van der Waals surface area contributed by atoms with Crippen LogP contribution in [0.3, 0.4) is 0 Å². The Morgan fingerprint density at radius 3 is 2.95 bits per heavy atom. The van der Waals surface area contributed by atoms with Crippen molar-refractivity contribution in [3.63, 3.8) is 0 Å². The van der Waals surface area contributed by atoms with Gasteiger partial charge in [-0.3, -0.25) is 4.79 Å². The van der Waals surface area contributed by atoms with Crippen LogP contribution < -0.4 is 10.2 Å². The van der Waals surface area contributed by atoms with Gasteiger partial charge in [0.15, 0.2) is 0 Å². The first-order chi connectivity index (χ1) is 9.33. The second-order valence-corrected chi connectivity index (χ2v) is 4.67. The zero-order valence-electron chi connectivity index (χ0n) is 11.4. The van der Waals surface area contributed by atoms with E-state index < -0.39 is 0 Å². The highest BCUT2D eigenvalue weighted by Crippen LogP contribution is 2.21. The lowest BCUT2D eigenvalue weighted by Crippen LogP contribution is -2.34. The summed E-state index contributed by atoms with van der Waals surface area (Å²) >= 11 is 0. The number of aromatic nitrogens is 1. The molecular formula is C14H21N3O2. The Labute approximate surface area is 114 Å². The van der Waals surface area contributed by atoms with Gasteiger partial charge in [-0.15, -0.1) is 0 Å². The molecule has 5 nitrogen and oxygen atoms in total. The van der Waals surface area contributed by atoms with E-state index in [-0.39, 0.29) is 5.91 Å². The van der Waals surface area contributed by atoms with Crippen LogP contribution in [0.15, 0.2) is 18.3 Å². The quantitative estimate of drug-likeness (QED) is 0.817. The van der Waals surface area contributed by atoms with Gasteiger partial charge in [-0.1, -0.05) is 0 Å². The molecular weight excluding hydrogens is 242 g/mol. The van der Waals surface area contributed by atoms with E-state index in [4.69, 9.17) is 4.74 Å². The number of anilines is 1. The van der Waals surface area contributed by atoms with Crippen LogP contribution in [0.25, 0.3) is 0 Å². The van der Waals surface area contributed by atoms with Gasteiger partial charge in [-0.25, -0.2) is 4.98 Å². The number of amides is 1. The van der Waals surface area contributed by atoms with Gasteiger partial charge >= 0.3 is 0 Å². The van der Waals surface area contributed by atoms with Crippen LogP contribution in [0.1, 0.15) is 29.6 Å². The monoisotopic (exact) mass is 263 g/mol. The van der Waals surface area contributed by atoms with Crippen molar-refractivity contribution in [2.75, 3.05) is 38.3 Å². The van der Waals surface area contributed by atoms with Crippen molar-refractivity contribution in [2.24, 2.45) is 0 Å². The summed E-state index contributed by atoms with van der Waals surface area (Å²) < 4.78 is 4.93. The molecule has 104 valence electrons. The van der Waals surface area contributed by atoms with Gasteiger partial charge in [0, 0.05) is 32.9 Å². The number of rotatable bonds is 5. The number of carbonyl (C=O) groups is 1. The van der Waals surface area contributed by atoms with E-state index in [0.717, 1.165) is 18.9 Å². The number of nitrogens with one attached hydrogen (secondary N) is 1. The molecule has 0 spiro atoms. The number of piperidine rings is 1. The third kappa shape index (κ3) is 3.67. The van der Waals surface area contributed by atoms with E-state index in [9.17, 15) is 4.79 Å². The van der Waals surface area contributed by atoms with Gasteiger partial charge in [0.05, 0.1) is 12.2 Å². The molecule has 1 amide bonds. The third-order valence-corrected chi connectivity index (χ3v) is 3.28. The fourth-order valence-electron chi connectivity index (χ4n) is 2.29. The molecule has 1 saturated heterocycles.